The minimum atomic E-state index is -0.701. The predicted molar refractivity (Wildman–Crippen MR) is 112 cm³/mol. The van der Waals surface area contributed by atoms with E-state index in [9.17, 15) is 9.59 Å². The van der Waals surface area contributed by atoms with Crippen LogP contribution in [0, 0.1) is 13.8 Å². The highest BCUT2D eigenvalue weighted by Crippen LogP contribution is 2.31. The van der Waals surface area contributed by atoms with Crippen LogP contribution in [0.25, 0.3) is 21.0 Å². The number of amides is 1. The molecule has 0 aliphatic carbocycles. The van der Waals surface area contributed by atoms with Crippen molar-refractivity contribution in [3.63, 3.8) is 0 Å². The summed E-state index contributed by atoms with van der Waals surface area (Å²) in [6.45, 7) is 3.48. The van der Waals surface area contributed by atoms with Crippen LogP contribution in [0.5, 0.6) is 0 Å². The quantitative estimate of drug-likeness (QED) is 0.473. The fourth-order valence-electron chi connectivity index (χ4n) is 2.88. The molecule has 0 spiro atoms. The van der Waals surface area contributed by atoms with Crippen LogP contribution < -0.4 is 5.32 Å². The molecule has 2 heterocycles. The lowest BCUT2D eigenvalue weighted by Crippen LogP contribution is -2.21. The van der Waals surface area contributed by atoms with Crippen LogP contribution in [-0.2, 0) is 9.53 Å². The number of furan rings is 1. The number of aromatic nitrogens is 1. The van der Waals surface area contributed by atoms with E-state index in [1.54, 1.807) is 6.07 Å². The van der Waals surface area contributed by atoms with Gasteiger partial charge >= 0.3 is 5.97 Å². The van der Waals surface area contributed by atoms with Crippen LogP contribution in [0.15, 0.2) is 59.0 Å². The number of nitrogens with zero attached hydrogens (tertiary/aromatic N) is 1. The van der Waals surface area contributed by atoms with Gasteiger partial charge in [-0.25, -0.2) is 9.78 Å². The summed E-state index contributed by atoms with van der Waals surface area (Å²) in [6.07, 6.45) is 0. The Balaban J connectivity index is 1.38. The van der Waals surface area contributed by atoms with E-state index < -0.39 is 18.5 Å². The van der Waals surface area contributed by atoms with Crippen molar-refractivity contribution in [2.75, 3.05) is 11.9 Å². The average molecular weight is 406 g/mol. The molecule has 0 bridgehead atoms. The summed E-state index contributed by atoms with van der Waals surface area (Å²) in [6, 6.07) is 16.6. The van der Waals surface area contributed by atoms with Gasteiger partial charge in [-0.05, 0) is 49.7 Å². The van der Waals surface area contributed by atoms with Crippen LogP contribution in [0.1, 0.15) is 21.7 Å². The van der Waals surface area contributed by atoms with Crippen LogP contribution in [0.2, 0.25) is 0 Å². The maximum Gasteiger partial charge on any atom is 0.374 e. The Morgan fingerprint density at radius 3 is 2.72 bits per heavy atom. The topological polar surface area (TPSA) is 81.4 Å². The van der Waals surface area contributed by atoms with Crippen LogP contribution in [0.4, 0.5) is 5.69 Å². The molecule has 0 fully saturated rings. The second-order valence-electron chi connectivity index (χ2n) is 6.59. The fourth-order valence-corrected chi connectivity index (χ4v) is 3.81. The highest BCUT2D eigenvalue weighted by atomic mass is 32.1. The Kier molecular flexibility index (Phi) is 5.14. The molecular formula is C22H18N2O4S. The van der Waals surface area contributed by atoms with Crippen molar-refractivity contribution >= 4 is 39.1 Å². The number of anilines is 1. The summed E-state index contributed by atoms with van der Waals surface area (Å²) in [4.78, 5) is 28.8. The standard InChI is InChI=1S/C22H18N2O4S/c1-13-7-8-15(14(2)11-13)23-20(25)12-27-22(26)18-10-9-17(28-18)21-24-16-5-3-4-6-19(16)29-21/h3-11H,12H2,1-2H3,(H,23,25). The molecule has 1 N–H and O–H groups in total. The van der Waals surface area contributed by atoms with Gasteiger partial charge in [0.2, 0.25) is 5.76 Å². The molecule has 0 unspecified atom stereocenters. The van der Waals surface area contributed by atoms with Crippen molar-refractivity contribution < 1.29 is 18.7 Å². The number of fused-ring (bicyclic) bond motifs is 1. The first-order valence-electron chi connectivity index (χ1n) is 8.99. The first kappa shape index (κ1) is 18.9. The van der Waals surface area contributed by atoms with Crippen LogP contribution in [-0.4, -0.2) is 23.5 Å². The molecule has 4 aromatic rings. The second-order valence-corrected chi connectivity index (χ2v) is 7.62. The lowest BCUT2D eigenvalue weighted by molar-refractivity contribution is -0.119. The van der Waals surface area contributed by atoms with Gasteiger partial charge in [0.05, 0.1) is 10.2 Å². The van der Waals surface area contributed by atoms with Crippen molar-refractivity contribution in [2.24, 2.45) is 0 Å². The summed E-state index contributed by atoms with van der Waals surface area (Å²) >= 11 is 1.48. The van der Waals surface area contributed by atoms with Gasteiger partial charge in [0, 0.05) is 5.69 Å². The number of hydrogen-bond donors (Lipinski definition) is 1. The minimum Gasteiger partial charge on any atom is -0.450 e. The Labute approximate surface area is 171 Å². The highest BCUT2D eigenvalue weighted by Gasteiger charge is 2.17. The van der Waals surface area contributed by atoms with E-state index in [2.05, 4.69) is 10.3 Å². The van der Waals surface area contributed by atoms with E-state index in [4.69, 9.17) is 9.15 Å². The van der Waals surface area contributed by atoms with Gasteiger partial charge in [-0.2, -0.15) is 0 Å². The third kappa shape index (κ3) is 4.20. The van der Waals surface area contributed by atoms with Gasteiger partial charge in [-0.1, -0.05) is 29.8 Å². The zero-order valence-electron chi connectivity index (χ0n) is 15.9. The maximum absolute atomic E-state index is 12.2. The largest absolute Gasteiger partial charge is 0.450 e. The van der Waals surface area contributed by atoms with Crippen molar-refractivity contribution in [3.8, 4) is 10.8 Å². The van der Waals surface area contributed by atoms with Gasteiger partial charge in [-0.15, -0.1) is 11.3 Å². The third-order valence-corrected chi connectivity index (χ3v) is 5.35. The lowest BCUT2D eigenvalue weighted by atomic mass is 10.1. The lowest BCUT2D eigenvalue weighted by Gasteiger charge is -2.09. The zero-order valence-corrected chi connectivity index (χ0v) is 16.7. The molecule has 2 aromatic heterocycles. The molecule has 29 heavy (non-hydrogen) atoms. The van der Waals surface area contributed by atoms with Crippen LogP contribution in [0.3, 0.4) is 0 Å². The normalized spacial score (nSPS) is 10.8. The Morgan fingerprint density at radius 1 is 1.10 bits per heavy atom. The molecule has 2 aromatic carbocycles. The van der Waals surface area contributed by atoms with E-state index in [0.717, 1.165) is 21.3 Å². The fraction of sp³-hybridized carbons (Fsp3) is 0.136. The SMILES string of the molecule is Cc1ccc(NC(=O)COC(=O)c2ccc(-c3nc4ccccc4s3)o2)c(C)c1. The van der Waals surface area contributed by atoms with Crippen molar-refractivity contribution in [3.05, 3.63) is 71.5 Å². The summed E-state index contributed by atoms with van der Waals surface area (Å²) in [5.41, 5.74) is 3.61. The number of ether oxygens (including phenoxy) is 1. The van der Waals surface area contributed by atoms with Crippen molar-refractivity contribution in [1.29, 1.82) is 0 Å². The zero-order chi connectivity index (χ0) is 20.4. The van der Waals surface area contributed by atoms with Gasteiger partial charge in [-0.3, -0.25) is 4.79 Å². The van der Waals surface area contributed by atoms with Crippen molar-refractivity contribution in [1.82, 2.24) is 4.98 Å². The average Bonchev–Trinajstić information content (AvgIpc) is 3.35. The molecule has 0 radical (unpaired) electrons. The molecule has 6 nitrogen and oxygen atoms in total. The summed E-state index contributed by atoms with van der Waals surface area (Å²) < 4.78 is 11.7. The molecule has 7 heteroatoms. The number of nitrogens with one attached hydrogen (secondary N) is 1. The number of hydrogen-bond acceptors (Lipinski definition) is 6. The Bertz CT molecular complexity index is 1180. The predicted octanol–water partition coefficient (Wildman–Crippen LogP) is 4.97. The highest BCUT2D eigenvalue weighted by molar-refractivity contribution is 7.21. The van der Waals surface area contributed by atoms with E-state index in [1.807, 2.05) is 56.3 Å². The molecule has 0 saturated carbocycles. The molecular weight excluding hydrogens is 388 g/mol. The van der Waals surface area contributed by atoms with Gasteiger partial charge in [0.1, 0.15) is 0 Å². The van der Waals surface area contributed by atoms with Crippen molar-refractivity contribution in [2.45, 2.75) is 13.8 Å². The Morgan fingerprint density at radius 2 is 1.93 bits per heavy atom. The monoisotopic (exact) mass is 406 g/mol. The van der Waals surface area contributed by atoms with E-state index in [0.29, 0.717) is 16.5 Å². The molecule has 0 aliphatic heterocycles. The number of benzene rings is 2. The number of rotatable bonds is 5. The second kappa shape index (κ2) is 7.89. The first-order valence-corrected chi connectivity index (χ1v) is 9.81. The number of esters is 1. The van der Waals surface area contributed by atoms with E-state index >= 15 is 0 Å². The molecule has 0 saturated heterocycles. The third-order valence-electron chi connectivity index (χ3n) is 4.30. The van der Waals surface area contributed by atoms with Gasteiger partial charge < -0.3 is 14.5 Å². The number of thiazole rings is 1. The summed E-state index contributed by atoms with van der Waals surface area (Å²) in [5, 5.41) is 3.41. The number of para-hydroxylation sites is 1. The summed E-state index contributed by atoms with van der Waals surface area (Å²) in [7, 11) is 0. The van der Waals surface area contributed by atoms with E-state index in [-0.39, 0.29) is 5.76 Å². The van der Waals surface area contributed by atoms with E-state index in [1.165, 1.54) is 17.4 Å². The molecule has 4 rings (SSSR count). The number of carbonyl (C=O) groups excluding carboxylic acids is 2. The summed E-state index contributed by atoms with van der Waals surface area (Å²) in [5.74, 6) is -0.604. The molecule has 146 valence electrons. The maximum atomic E-state index is 12.2. The molecule has 1 amide bonds. The number of carbonyl (C=O) groups is 2. The van der Waals surface area contributed by atoms with Gasteiger partial charge in [0.25, 0.3) is 5.91 Å². The smallest absolute Gasteiger partial charge is 0.374 e. The van der Waals surface area contributed by atoms with Crippen LogP contribution >= 0.6 is 11.3 Å². The number of aryl methyl sites for hydroxylation is 2. The molecule has 0 aliphatic rings. The Hall–Kier alpha value is -3.45. The minimum absolute atomic E-state index is 0.0265. The van der Waals surface area contributed by atoms with Gasteiger partial charge in [0.15, 0.2) is 17.4 Å². The first-order chi connectivity index (χ1) is 14.0. The molecule has 0 atom stereocenters.